The Balaban J connectivity index is 0.00000243. The van der Waals surface area contributed by atoms with Crippen molar-refractivity contribution in [2.75, 3.05) is 46.4 Å². The highest BCUT2D eigenvalue weighted by atomic mass is 35.5. The van der Waals surface area contributed by atoms with E-state index in [1.165, 1.54) is 10.4 Å². The molecule has 1 unspecified atom stereocenters. The minimum atomic E-state index is -3.59. The Morgan fingerprint density at radius 2 is 1.96 bits per heavy atom. The molecule has 2 aliphatic heterocycles. The van der Waals surface area contributed by atoms with Crippen molar-refractivity contribution >= 4 is 28.3 Å². The number of carbonyl (C=O) groups is 1. The fourth-order valence-corrected chi connectivity index (χ4v) is 4.76. The van der Waals surface area contributed by atoms with Gasteiger partial charge in [-0.1, -0.05) is 6.07 Å². The molecule has 0 radical (unpaired) electrons. The van der Waals surface area contributed by atoms with Crippen LogP contribution < -0.4 is 5.32 Å². The van der Waals surface area contributed by atoms with Crippen LogP contribution in [0.3, 0.4) is 0 Å². The summed E-state index contributed by atoms with van der Waals surface area (Å²) < 4.78 is 32.2. The molecular formula is C17H26ClN3O4S. The zero-order valence-electron chi connectivity index (χ0n) is 14.9. The largest absolute Gasteiger partial charge is 0.379 e. The first-order valence-electron chi connectivity index (χ1n) is 8.67. The predicted molar refractivity (Wildman–Crippen MR) is 101 cm³/mol. The number of amides is 1. The van der Waals surface area contributed by atoms with Crippen LogP contribution in [0.2, 0.25) is 0 Å². The normalized spacial score (nSPS) is 21.9. The lowest BCUT2D eigenvalue weighted by atomic mass is 10.0. The van der Waals surface area contributed by atoms with Gasteiger partial charge in [0.25, 0.3) is 5.91 Å². The van der Waals surface area contributed by atoms with E-state index in [1.807, 2.05) is 7.05 Å². The van der Waals surface area contributed by atoms with Gasteiger partial charge in [0.2, 0.25) is 10.0 Å². The molecule has 7 nitrogen and oxygen atoms in total. The number of likely N-dealkylation sites (N-methyl/N-ethyl adjacent to an activating group) is 1. The first kappa shape index (κ1) is 21.1. The van der Waals surface area contributed by atoms with E-state index < -0.39 is 10.0 Å². The second-order valence-electron chi connectivity index (χ2n) is 6.42. The molecule has 0 aliphatic carbocycles. The maximum absolute atomic E-state index is 12.8. The molecule has 2 saturated heterocycles. The molecule has 0 saturated carbocycles. The maximum atomic E-state index is 12.8. The number of carbonyl (C=O) groups excluding carboxylic acids is 1. The third-order valence-corrected chi connectivity index (χ3v) is 6.70. The van der Waals surface area contributed by atoms with Crippen molar-refractivity contribution in [3.8, 4) is 0 Å². The number of piperidine rings is 1. The lowest BCUT2D eigenvalue weighted by Crippen LogP contribution is -2.47. The molecule has 2 heterocycles. The zero-order valence-corrected chi connectivity index (χ0v) is 16.5. The van der Waals surface area contributed by atoms with E-state index in [0.29, 0.717) is 45.0 Å². The minimum Gasteiger partial charge on any atom is -0.379 e. The Labute approximate surface area is 161 Å². The number of likely N-dealkylation sites (tertiary alicyclic amines) is 1. The monoisotopic (exact) mass is 403 g/mol. The van der Waals surface area contributed by atoms with Crippen LogP contribution >= 0.6 is 12.4 Å². The van der Waals surface area contributed by atoms with E-state index in [9.17, 15) is 13.2 Å². The fraction of sp³-hybridized carbons (Fsp3) is 0.588. The summed E-state index contributed by atoms with van der Waals surface area (Å²) in [5.41, 5.74) is 0.422. The fourth-order valence-electron chi connectivity index (χ4n) is 3.31. The Bertz CT molecular complexity index is 722. The Hall–Kier alpha value is -1.19. The lowest BCUT2D eigenvalue weighted by molar-refractivity contribution is 0.0697. The molecule has 1 aromatic carbocycles. The number of nitrogens with zero attached hydrogens (tertiary/aromatic N) is 2. The summed E-state index contributed by atoms with van der Waals surface area (Å²) in [6, 6.07) is 6.66. The Kier molecular flexibility index (Phi) is 7.42. The van der Waals surface area contributed by atoms with Gasteiger partial charge in [0.05, 0.1) is 18.1 Å². The molecule has 0 bridgehead atoms. The van der Waals surface area contributed by atoms with Crippen LogP contribution in [0.5, 0.6) is 0 Å². The first-order valence-corrected chi connectivity index (χ1v) is 10.1. The topological polar surface area (TPSA) is 79.0 Å². The van der Waals surface area contributed by atoms with Gasteiger partial charge in [-0.25, -0.2) is 8.42 Å². The van der Waals surface area contributed by atoms with E-state index in [-0.39, 0.29) is 29.3 Å². The van der Waals surface area contributed by atoms with Gasteiger partial charge in [-0.3, -0.25) is 4.79 Å². The van der Waals surface area contributed by atoms with Crippen molar-refractivity contribution < 1.29 is 17.9 Å². The molecule has 3 rings (SSSR count). The predicted octanol–water partition coefficient (Wildman–Crippen LogP) is 0.953. The quantitative estimate of drug-likeness (QED) is 0.809. The van der Waals surface area contributed by atoms with Gasteiger partial charge in [-0.15, -0.1) is 12.4 Å². The van der Waals surface area contributed by atoms with Crippen molar-refractivity contribution in [2.24, 2.45) is 0 Å². The van der Waals surface area contributed by atoms with Crippen molar-refractivity contribution in [1.29, 1.82) is 0 Å². The molecule has 1 aromatic rings. The maximum Gasteiger partial charge on any atom is 0.253 e. The smallest absolute Gasteiger partial charge is 0.253 e. The summed E-state index contributed by atoms with van der Waals surface area (Å²) in [5.74, 6) is -0.112. The standard InChI is InChI=1S/C17H25N3O4S.ClH/c1-18-15-5-3-7-19(13-15)17(21)14-4-2-6-16(12-14)25(22,23)20-8-10-24-11-9-20;/h2,4,6,12,15,18H,3,5,7-11,13H2,1H3;1H. The van der Waals surface area contributed by atoms with Crippen molar-refractivity contribution in [2.45, 2.75) is 23.8 Å². The number of nitrogens with one attached hydrogen (secondary N) is 1. The van der Waals surface area contributed by atoms with Gasteiger partial charge >= 0.3 is 0 Å². The second kappa shape index (κ2) is 9.14. The number of hydrogen-bond donors (Lipinski definition) is 1. The van der Waals surface area contributed by atoms with Crippen molar-refractivity contribution in [1.82, 2.24) is 14.5 Å². The molecule has 26 heavy (non-hydrogen) atoms. The van der Waals surface area contributed by atoms with Crippen LogP contribution in [0.25, 0.3) is 0 Å². The summed E-state index contributed by atoms with van der Waals surface area (Å²) in [6.45, 7) is 2.84. The van der Waals surface area contributed by atoms with Crippen LogP contribution in [-0.4, -0.2) is 76.0 Å². The van der Waals surface area contributed by atoms with Crippen LogP contribution in [0, 0.1) is 0 Å². The van der Waals surface area contributed by atoms with Gasteiger partial charge in [0.1, 0.15) is 0 Å². The highest BCUT2D eigenvalue weighted by molar-refractivity contribution is 7.89. The summed E-state index contributed by atoms with van der Waals surface area (Å²) >= 11 is 0. The van der Waals surface area contributed by atoms with Crippen LogP contribution in [-0.2, 0) is 14.8 Å². The summed E-state index contributed by atoms with van der Waals surface area (Å²) in [6.07, 6.45) is 1.99. The average Bonchev–Trinajstić information content (AvgIpc) is 2.68. The van der Waals surface area contributed by atoms with Crippen molar-refractivity contribution in [3.05, 3.63) is 29.8 Å². The zero-order chi connectivity index (χ0) is 17.9. The summed E-state index contributed by atoms with van der Waals surface area (Å²) in [7, 11) is -1.70. The van der Waals surface area contributed by atoms with E-state index in [1.54, 1.807) is 23.1 Å². The van der Waals surface area contributed by atoms with E-state index in [4.69, 9.17) is 4.74 Å². The molecule has 1 N–H and O–H groups in total. The number of sulfonamides is 1. The molecule has 1 atom stereocenters. The first-order chi connectivity index (χ1) is 12.0. The SMILES string of the molecule is CNC1CCCN(C(=O)c2cccc(S(=O)(=O)N3CCOCC3)c2)C1.Cl. The summed E-state index contributed by atoms with van der Waals surface area (Å²) in [4.78, 5) is 14.8. The van der Waals surface area contributed by atoms with Gasteiger partial charge < -0.3 is 15.0 Å². The third kappa shape index (κ3) is 4.55. The lowest BCUT2D eigenvalue weighted by Gasteiger charge is -2.32. The number of hydrogen-bond acceptors (Lipinski definition) is 5. The molecule has 2 aliphatic rings. The molecule has 0 spiro atoms. The molecule has 9 heteroatoms. The van der Waals surface area contributed by atoms with Crippen LogP contribution in [0.4, 0.5) is 0 Å². The minimum absolute atomic E-state index is 0. The van der Waals surface area contributed by atoms with Crippen LogP contribution in [0.1, 0.15) is 23.2 Å². The van der Waals surface area contributed by atoms with Crippen molar-refractivity contribution in [3.63, 3.8) is 0 Å². The third-order valence-electron chi connectivity index (χ3n) is 4.81. The number of benzene rings is 1. The molecule has 146 valence electrons. The van der Waals surface area contributed by atoms with Gasteiger partial charge in [-0.2, -0.15) is 4.31 Å². The van der Waals surface area contributed by atoms with Gasteiger partial charge in [-0.05, 0) is 38.1 Å². The molecular weight excluding hydrogens is 378 g/mol. The van der Waals surface area contributed by atoms with E-state index >= 15 is 0 Å². The number of halogens is 1. The number of morpholine rings is 1. The summed E-state index contributed by atoms with van der Waals surface area (Å²) in [5, 5.41) is 3.21. The molecule has 0 aromatic heterocycles. The van der Waals surface area contributed by atoms with Gasteiger partial charge in [0.15, 0.2) is 0 Å². The van der Waals surface area contributed by atoms with E-state index in [2.05, 4.69) is 5.32 Å². The Morgan fingerprint density at radius 1 is 1.23 bits per heavy atom. The van der Waals surface area contributed by atoms with Gasteiger partial charge in [0, 0.05) is 37.8 Å². The second-order valence-corrected chi connectivity index (χ2v) is 8.36. The van der Waals surface area contributed by atoms with Crippen LogP contribution in [0.15, 0.2) is 29.2 Å². The average molecular weight is 404 g/mol. The Morgan fingerprint density at radius 3 is 2.65 bits per heavy atom. The molecule has 2 fully saturated rings. The van der Waals surface area contributed by atoms with E-state index in [0.717, 1.165) is 12.8 Å². The molecule has 1 amide bonds. The number of rotatable bonds is 4. The number of ether oxygens (including phenoxy) is 1. The highest BCUT2D eigenvalue weighted by Crippen LogP contribution is 2.20. The highest BCUT2D eigenvalue weighted by Gasteiger charge is 2.28.